The van der Waals surface area contributed by atoms with E-state index >= 15 is 0 Å². The summed E-state index contributed by atoms with van der Waals surface area (Å²) in [5.74, 6) is -0.159. The highest BCUT2D eigenvalue weighted by molar-refractivity contribution is 5.77. The second kappa shape index (κ2) is 7.08. The van der Waals surface area contributed by atoms with Gasteiger partial charge in [-0.25, -0.2) is 0 Å². The maximum absolute atomic E-state index is 10.9. The van der Waals surface area contributed by atoms with Crippen LogP contribution in [0.25, 0.3) is 0 Å². The van der Waals surface area contributed by atoms with E-state index in [9.17, 15) is 20.1 Å². The van der Waals surface area contributed by atoms with Crippen molar-refractivity contribution in [3.05, 3.63) is 23.3 Å². The van der Waals surface area contributed by atoms with Crippen molar-refractivity contribution in [1.82, 2.24) is 5.32 Å². The first-order valence-electron chi connectivity index (χ1n) is 6.00. The monoisotopic (exact) mass is 269 g/mol. The molecule has 4 N–H and O–H groups in total. The topological polar surface area (TPSA) is 99.0 Å². The van der Waals surface area contributed by atoms with Gasteiger partial charge in [-0.15, -0.1) is 0 Å². The van der Waals surface area contributed by atoms with Crippen LogP contribution in [0.4, 0.5) is 0 Å². The number of nitrogens with one attached hydrogen (secondary N) is 1. The van der Waals surface area contributed by atoms with Gasteiger partial charge in [0.1, 0.15) is 12.4 Å². The van der Waals surface area contributed by atoms with Gasteiger partial charge >= 0.3 is 0 Å². The highest BCUT2D eigenvalue weighted by Crippen LogP contribution is 2.36. The number of carbonyl (C=O) groups excluding carboxylic acids is 1. The van der Waals surface area contributed by atoms with Gasteiger partial charge in [0.05, 0.1) is 12.7 Å². The third-order valence-electron chi connectivity index (χ3n) is 2.66. The average Bonchev–Trinajstić information content (AvgIpc) is 2.40. The Kier molecular flexibility index (Phi) is 5.75. The van der Waals surface area contributed by atoms with Crippen molar-refractivity contribution in [2.75, 3.05) is 20.2 Å². The number of aliphatic hydroxyl groups is 2. The smallest absolute Gasteiger partial charge is 0.163 e. The lowest BCUT2D eigenvalue weighted by Crippen LogP contribution is -2.29. The fourth-order valence-corrected chi connectivity index (χ4v) is 1.74. The molecule has 6 heteroatoms. The van der Waals surface area contributed by atoms with Crippen molar-refractivity contribution in [3.8, 4) is 11.5 Å². The number of phenols is 1. The first-order chi connectivity index (χ1) is 9.04. The van der Waals surface area contributed by atoms with Crippen LogP contribution in [0.15, 0.2) is 12.1 Å². The molecule has 106 valence electrons. The molecule has 0 fully saturated rings. The van der Waals surface area contributed by atoms with E-state index in [-0.39, 0.29) is 29.2 Å². The molecule has 6 nitrogen and oxygen atoms in total. The van der Waals surface area contributed by atoms with E-state index in [0.29, 0.717) is 12.9 Å². The molecule has 0 aromatic heterocycles. The van der Waals surface area contributed by atoms with Gasteiger partial charge in [-0.3, -0.25) is 4.79 Å². The van der Waals surface area contributed by atoms with E-state index in [2.05, 4.69) is 5.32 Å². The Balaban J connectivity index is 3.17. The van der Waals surface area contributed by atoms with E-state index in [1.54, 1.807) is 14.0 Å². The largest absolute Gasteiger partial charge is 0.504 e. The average molecular weight is 269 g/mol. The molecule has 0 amide bonds. The number of aliphatic hydroxyl groups excluding tert-OH is 2. The zero-order chi connectivity index (χ0) is 14.4. The number of benzene rings is 1. The molecule has 0 heterocycles. The second-order valence-electron chi connectivity index (χ2n) is 4.08. The van der Waals surface area contributed by atoms with Gasteiger partial charge < -0.3 is 25.4 Å². The molecule has 19 heavy (non-hydrogen) atoms. The molecule has 1 aromatic carbocycles. The van der Waals surface area contributed by atoms with Crippen molar-refractivity contribution < 1.29 is 24.9 Å². The van der Waals surface area contributed by atoms with Crippen LogP contribution in [0.3, 0.4) is 0 Å². The molecule has 0 bridgehead atoms. The predicted octanol–water partition coefficient (Wildman–Crippen LogP) is 0.217. The Morgan fingerprint density at radius 2 is 2.11 bits per heavy atom. The van der Waals surface area contributed by atoms with Crippen LogP contribution in [0.1, 0.15) is 28.9 Å². The van der Waals surface area contributed by atoms with Gasteiger partial charge in [0.25, 0.3) is 0 Å². The van der Waals surface area contributed by atoms with Crippen molar-refractivity contribution in [2.45, 2.75) is 19.1 Å². The Morgan fingerprint density at radius 1 is 1.42 bits per heavy atom. The van der Waals surface area contributed by atoms with Gasteiger partial charge in [-0.2, -0.15) is 0 Å². The van der Waals surface area contributed by atoms with Crippen molar-refractivity contribution in [3.63, 3.8) is 0 Å². The van der Waals surface area contributed by atoms with E-state index in [1.807, 2.05) is 0 Å². The molecule has 2 atom stereocenters. The molecule has 0 aliphatic carbocycles. The van der Waals surface area contributed by atoms with Gasteiger partial charge in [0.2, 0.25) is 0 Å². The summed E-state index contributed by atoms with van der Waals surface area (Å²) in [6.07, 6.45) is -1.83. The number of aromatic hydroxyl groups is 1. The number of hydrogen-bond donors (Lipinski definition) is 4. The minimum Gasteiger partial charge on any atom is -0.504 e. The number of hydrogen-bond acceptors (Lipinski definition) is 6. The molecule has 0 saturated carbocycles. The summed E-state index contributed by atoms with van der Waals surface area (Å²) in [6, 6.07) is 2.71. The van der Waals surface area contributed by atoms with Gasteiger partial charge in [-0.05, 0) is 26.1 Å². The number of likely N-dealkylation sites (N-methyl/N-ethyl adjacent to an activating group) is 1. The SMILES string of the molecule is CCOc1cc(C=O)cc(C(O)C(O)CNC)c1O. The van der Waals surface area contributed by atoms with Crippen LogP contribution >= 0.6 is 0 Å². The van der Waals surface area contributed by atoms with E-state index in [4.69, 9.17) is 4.74 Å². The molecule has 1 rings (SSSR count). The van der Waals surface area contributed by atoms with Crippen LogP contribution < -0.4 is 10.1 Å². The molecule has 0 radical (unpaired) electrons. The van der Waals surface area contributed by atoms with E-state index < -0.39 is 12.2 Å². The number of aldehydes is 1. The number of rotatable bonds is 7. The summed E-state index contributed by atoms with van der Waals surface area (Å²) in [5, 5.41) is 32.4. The Hall–Kier alpha value is -1.63. The molecule has 0 saturated heterocycles. The molecule has 1 aromatic rings. The van der Waals surface area contributed by atoms with Crippen LogP contribution in [0, 0.1) is 0 Å². The summed E-state index contributed by atoms with van der Waals surface area (Å²) < 4.78 is 5.19. The van der Waals surface area contributed by atoms with Gasteiger partial charge in [-0.1, -0.05) is 0 Å². The normalized spacial score (nSPS) is 13.9. The maximum atomic E-state index is 10.9. The first kappa shape index (κ1) is 15.4. The molecule has 0 aliphatic rings. The van der Waals surface area contributed by atoms with Crippen LogP contribution in [0.2, 0.25) is 0 Å². The van der Waals surface area contributed by atoms with Gasteiger partial charge in [0.15, 0.2) is 11.5 Å². The van der Waals surface area contributed by atoms with Crippen molar-refractivity contribution >= 4 is 6.29 Å². The zero-order valence-electron chi connectivity index (χ0n) is 11.0. The fraction of sp³-hybridized carbons (Fsp3) is 0.462. The van der Waals surface area contributed by atoms with Crippen molar-refractivity contribution in [1.29, 1.82) is 0 Å². The van der Waals surface area contributed by atoms with E-state index in [0.717, 1.165) is 0 Å². The summed E-state index contributed by atoms with van der Waals surface area (Å²) in [6.45, 7) is 2.19. The Morgan fingerprint density at radius 3 is 2.63 bits per heavy atom. The lowest BCUT2D eigenvalue weighted by atomic mass is 10.00. The summed E-state index contributed by atoms with van der Waals surface area (Å²) in [5.41, 5.74) is 0.322. The van der Waals surface area contributed by atoms with E-state index in [1.165, 1.54) is 12.1 Å². The maximum Gasteiger partial charge on any atom is 0.163 e. The molecular formula is C13H19NO5. The lowest BCUT2D eigenvalue weighted by molar-refractivity contribution is 0.0186. The molecule has 2 unspecified atom stereocenters. The third kappa shape index (κ3) is 3.66. The van der Waals surface area contributed by atoms with Crippen molar-refractivity contribution in [2.24, 2.45) is 0 Å². The lowest BCUT2D eigenvalue weighted by Gasteiger charge is -2.20. The van der Waals surface area contributed by atoms with Crippen LogP contribution in [-0.2, 0) is 0 Å². The standard InChI is InChI=1S/C13H19NO5/c1-3-19-11-5-8(7-15)4-9(13(11)18)12(17)10(16)6-14-2/h4-5,7,10,12,14,16-18H,3,6H2,1-2H3. The Labute approximate surface area is 111 Å². The fourth-order valence-electron chi connectivity index (χ4n) is 1.74. The summed E-state index contributed by atoms with van der Waals surface area (Å²) in [7, 11) is 1.63. The van der Waals surface area contributed by atoms with Gasteiger partial charge in [0, 0.05) is 17.7 Å². The third-order valence-corrected chi connectivity index (χ3v) is 2.66. The number of carbonyl (C=O) groups is 1. The zero-order valence-corrected chi connectivity index (χ0v) is 11.0. The minimum atomic E-state index is -1.31. The minimum absolute atomic E-state index is 0.0656. The first-order valence-corrected chi connectivity index (χ1v) is 6.00. The molecule has 0 aliphatic heterocycles. The quantitative estimate of drug-likeness (QED) is 0.528. The Bertz CT molecular complexity index is 435. The molecule has 0 spiro atoms. The predicted molar refractivity (Wildman–Crippen MR) is 69.6 cm³/mol. The highest BCUT2D eigenvalue weighted by atomic mass is 16.5. The molecular weight excluding hydrogens is 250 g/mol. The second-order valence-corrected chi connectivity index (χ2v) is 4.08. The van der Waals surface area contributed by atoms with Crippen LogP contribution in [0.5, 0.6) is 11.5 Å². The number of phenolic OH excluding ortho intramolecular Hbond substituents is 1. The summed E-state index contributed by atoms with van der Waals surface area (Å²) in [4.78, 5) is 10.9. The highest BCUT2D eigenvalue weighted by Gasteiger charge is 2.23. The number of ether oxygens (including phenoxy) is 1. The van der Waals surface area contributed by atoms with Crippen LogP contribution in [-0.4, -0.2) is 47.9 Å². The summed E-state index contributed by atoms with van der Waals surface area (Å²) >= 11 is 0.